The average Bonchev–Trinajstić information content (AvgIpc) is 2.78. The zero-order valence-corrected chi connectivity index (χ0v) is 10.2. The molecule has 0 aromatic carbocycles. The first-order valence-electron chi connectivity index (χ1n) is 5.85. The van der Waals surface area contributed by atoms with E-state index in [2.05, 4.69) is 15.3 Å². The highest BCUT2D eigenvalue weighted by Gasteiger charge is 2.76. The van der Waals surface area contributed by atoms with Crippen molar-refractivity contribution in [1.29, 1.82) is 0 Å². The smallest absolute Gasteiger partial charge is 0.343 e. The normalized spacial score (nSPS) is 41.4. The first-order valence-corrected chi connectivity index (χ1v) is 5.85. The number of carboxylic acids is 1. The average molecular weight is 287 g/mol. The van der Waals surface area contributed by atoms with E-state index in [0.717, 1.165) is 0 Å². The van der Waals surface area contributed by atoms with Gasteiger partial charge in [0.15, 0.2) is 18.0 Å². The van der Waals surface area contributed by atoms with Crippen LogP contribution in [-0.2, 0) is 4.79 Å². The molecule has 0 amide bonds. The Morgan fingerprint density at radius 3 is 2.75 bits per heavy atom. The number of nitrogens with one attached hydrogen (secondary N) is 2. The van der Waals surface area contributed by atoms with Crippen LogP contribution in [0, 0.1) is 0 Å². The second-order valence-corrected chi connectivity index (χ2v) is 5.05. The third-order valence-corrected chi connectivity index (χ3v) is 4.01. The Bertz CT molecular complexity index is 547. The lowest BCUT2D eigenvalue weighted by Gasteiger charge is -2.44. The van der Waals surface area contributed by atoms with Gasteiger partial charge in [0, 0.05) is 0 Å². The summed E-state index contributed by atoms with van der Waals surface area (Å²) in [6.45, 7) is -0.229. The highest BCUT2D eigenvalue weighted by atomic mass is 16.5. The number of aliphatic imine (C=N–C) groups is 1. The molecule has 1 saturated heterocycles. The summed E-state index contributed by atoms with van der Waals surface area (Å²) in [4.78, 5) is 18.9. The molecule has 3 aliphatic heterocycles. The Hall–Kier alpha value is -2.11. The standard InChI is InChI=1S/C9H14N6O5/c10-6-13-4-3(5(17)18)12-7(11)15-1-2(16)9(19,20)8(4,15)14-6/h2-4,16,19-20H,1H2,(H2,11,12)(H,17,18)(H3,10,13,14)/p+1/t2-,3+,4-,8-/m0/s1. The van der Waals surface area contributed by atoms with Gasteiger partial charge in [0.2, 0.25) is 0 Å². The first kappa shape index (κ1) is 12.9. The first-order chi connectivity index (χ1) is 9.21. The number of hydrogen-bond acceptors (Lipinski definition) is 9. The third kappa shape index (κ3) is 1.21. The van der Waals surface area contributed by atoms with Crippen LogP contribution in [0.4, 0.5) is 0 Å². The number of aliphatic hydroxyl groups excluding tert-OH is 1. The second-order valence-electron chi connectivity index (χ2n) is 5.05. The van der Waals surface area contributed by atoms with Crippen molar-refractivity contribution in [3.8, 4) is 0 Å². The number of rotatable bonds is 1. The fraction of sp³-hybridized carbons (Fsp3) is 0.667. The molecule has 4 atom stereocenters. The van der Waals surface area contributed by atoms with Crippen LogP contribution in [-0.4, -0.2) is 79.4 Å². The number of carbonyl (C=O) groups is 1. The Morgan fingerprint density at radius 1 is 1.50 bits per heavy atom. The predicted octanol–water partition coefficient (Wildman–Crippen LogP) is -6.81. The summed E-state index contributed by atoms with van der Waals surface area (Å²) in [7, 11) is 0. The fourth-order valence-corrected chi connectivity index (χ4v) is 3.11. The number of hydrogen-bond donors (Lipinski definition) is 8. The molecule has 3 aliphatic rings. The minimum absolute atomic E-state index is 0.0577. The van der Waals surface area contributed by atoms with E-state index in [9.17, 15) is 25.2 Å². The quantitative estimate of drug-likeness (QED) is 0.216. The summed E-state index contributed by atoms with van der Waals surface area (Å²) in [6, 6.07) is -2.50. The molecule has 0 saturated carbocycles. The van der Waals surface area contributed by atoms with Crippen molar-refractivity contribution in [3.63, 3.8) is 0 Å². The van der Waals surface area contributed by atoms with Crippen LogP contribution in [0.25, 0.3) is 0 Å². The van der Waals surface area contributed by atoms with Gasteiger partial charge in [-0.25, -0.2) is 15.1 Å². The maximum absolute atomic E-state index is 11.3. The minimum atomic E-state index is -2.67. The molecule has 0 aliphatic carbocycles. The van der Waals surface area contributed by atoms with E-state index < -0.39 is 35.6 Å². The maximum atomic E-state index is 11.3. The van der Waals surface area contributed by atoms with Gasteiger partial charge < -0.3 is 26.2 Å². The molecular formula is C9H15N6O5+. The van der Waals surface area contributed by atoms with Gasteiger partial charge in [-0.3, -0.25) is 15.6 Å². The van der Waals surface area contributed by atoms with E-state index in [1.54, 1.807) is 0 Å². The van der Waals surface area contributed by atoms with Gasteiger partial charge >= 0.3 is 11.9 Å². The largest absolute Gasteiger partial charge is 0.480 e. The topological polar surface area (TPSA) is 192 Å². The summed E-state index contributed by atoms with van der Waals surface area (Å²) in [5, 5.41) is 42.1. The molecule has 0 aromatic rings. The van der Waals surface area contributed by atoms with E-state index in [1.807, 2.05) is 0 Å². The Labute approximate surface area is 112 Å². The molecule has 0 unspecified atom stereocenters. The van der Waals surface area contributed by atoms with Crippen molar-refractivity contribution in [1.82, 2.24) is 10.2 Å². The van der Waals surface area contributed by atoms with Gasteiger partial charge in [0.1, 0.15) is 6.10 Å². The molecular weight excluding hydrogens is 272 g/mol. The Kier molecular flexibility index (Phi) is 2.26. The van der Waals surface area contributed by atoms with Crippen molar-refractivity contribution in [3.05, 3.63) is 0 Å². The Balaban J connectivity index is 2.20. The molecule has 3 heterocycles. The molecule has 20 heavy (non-hydrogen) atoms. The summed E-state index contributed by atoms with van der Waals surface area (Å²) in [5.41, 5.74) is 9.49. The predicted molar refractivity (Wildman–Crippen MR) is 62.7 cm³/mol. The monoisotopic (exact) mass is 287 g/mol. The van der Waals surface area contributed by atoms with Crippen molar-refractivity contribution in [2.75, 3.05) is 6.54 Å². The van der Waals surface area contributed by atoms with E-state index in [4.69, 9.17) is 11.5 Å². The van der Waals surface area contributed by atoms with Crippen molar-refractivity contribution in [2.45, 2.75) is 29.6 Å². The molecule has 110 valence electrons. The lowest BCUT2D eigenvalue weighted by atomic mass is 9.86. The summed E-state index contributed by atoms with van der Waals surface area (Å²) < 4.78 is 0. The van der Waals surface area contributed by atoms with Crippen molar-refractivity contribution in [2.24, 2.45) is 16.5 Å². The number of carboxylic acid groups (broad SMARTS) is 1. The van der Waals surface area contributed by atoms with E-state index in [1.165, 1.54) is 4.90 Å². The molecule has 0 aromatic heterocycles. The van der Waals surface area contributed by atoms with Crippen LogP contribution in [0.5, 0.6) is 0 Å². The molecule has 1 spiro atoms. The van der Waals surface area contributed by atoms with Crippen LogP contribution in [0.3, 0.4) is 0 Å². The third-order valence-electron chi connectivity index (χ3n) is 4.01. The van der Waals surface area contributed by atoms with Gasteiger partial charge in [0.25, 0.3) is 11.4 Å². The summed E-state index contributed by atoms with van der Waals surface area (Å²) in [6.07, 6.45) is -1.58. The lowest BCUT2D eigenvalue weighted by Crippen LogP contribution is -2.90. The molecule has 0 bridgehead atoms. The zero-order chi connectivity index (χ0) is 14.9. The molecule has 0 radical (unpaired) electrons. The highest BCUT2D eigenvalue weighted by molar-refractivity contribution is 5.88. The van der Waals surface area contributed by atoms with Crippen LogP contribution in [0.15, 0.2) is 4.99 Å². The Morgan fingerprint density at radius 2 is 2.15 bits per heavy atom. The van der Waals surface area contributed by atoms with E-state index in [-0.39, 0.29) is 18.5 Å². The van der Waals surface area contributed by atoms with Gasteiger partial charge in [-0.05, 0) is 0 Å². The van der Waals surface area contributed by atoms with Gasteiger partial charge in [-0.15, -0.1) is 0 Å². The minimum Gasteiger partial charge on any atom is -0.480 e. The molecule has 3 rings (SSSR count). The lowest BCUT2D eigenvalue weighted by molar-refractivity contribution is -0.520. The van der Waals surface area contributed by atoms with Crippen LogP contribution in [0.1, 0.15) is 0 Å². The maximum Gasteiger partial charge on any atom is 0.343 e. The van der Waals surface area contributed by atoms with Gasteiger partial charge in [-0.2, -0.15) is 0 Å². The van der Waals surface area contributed by atoms with Crippen LogP contribution < -0.4 is 21.8 Å². The van der Waals surface area contributed by atoms with Crippen molar-refractivity contribution < 1.29 is 30.2 Å². The SMILES string of the molecule is NC1=N[C@@H](C(=O)O)[C@@H]2[NH+]=C(N)N[C@]23N1C[C@H](O)C3(O)O. The van der Waals surface area contributed by atoms with E-state index >= 15 is 0 Å². The summed E-state index contributed by atoms with van der Waals surface area (Å²) >= 11 is 0. The molecule has 10 N–H and O–H groups in total. The molecule has 11 nitrogen and oxygen atoms in total. The van der Waals surface area contributed by atoms with Crippen LogP contribution in [0.2, 0.25) is 0 Å². The highest BCUT2D eigenvalue weighted by Crippen LogP contribution is 2.40. The molecule has 1 fully saturated rings. The van der Waals surface area contributed by atoms with Crippen LogP contribution >= 0.6 is 0 Å². The van der Waals surface area contributed by atoms with E-state index in [0.29, 0.717) is 0 Å². The fourth-order valence-electron chi connectivity index (χ4n) is 3.11. The van der Waals surface area contributed by atoms with Gasteiger partial charge in [0.05, 0.1) is 6.54 Å². The number of aliphatic carboxylic acids is 1. The number of nitrogens with zero attached hydrogens (tertiary/aromatic N) is 2. The number of nitrogens with two attached hydrogens (primary N) is 2. The van der Waals surface area contributed by atoms with Gasteiger partial charge in [-0.1, -0.05) is 0 Å². The number of guanidine groups is 2. The second kappa shape index (κ2) is 3.50. The zero-order valence-electron chi connectivity index (χ0n) is 10.2. The van der Waals surface area contributed by atoms with Crippen molar-refractivity contribution >= 4 is 17.9 Å². The number of aliphatic hydroxyl groups is 3. The molecule has 11 heteroatoms. The summed E-state index contributed by atoms with van der Waals surface area (Å²) in [5.74, 6) is -4.25.